The first kappa shape index (κ1) is 25.3. The maximum Gasteiger partial charge on any atom is 0.264 e. The van der Waals surface area contributed by atoms with E-state index in [0.29, 0.717) is 38.5 Å². The largest absolute Gasteiger partial charge is 0.381 e. The van der Waals surface area contributed by atoms with E-state index < -0.39 is 11.9 Å². The molecule has 0 saturated carbocycles. The second kappa shape index (κ2) is 9.98. The monoisotopic (exact) mass is 548 g/mol. The molecule has 1 amide bonds. The van der Waals surface area contributed by atoms with Crippen LogP contribution in [0.15, 0.2) is 95.9 Å². The zero-order valence-corrected chi connectivity index (χ0v) is 22.6. The predicted octanol–water partition coefficient (Wildman–Crippen LogP) is 5.74. The van der Waals surface area contributed by atoms with Crippen molar-refractivity contribution in [2.75, 3.05) is 5.73 Å². The van der Waals surface area contributed by atoms with E-state index >= 15 is 0 Å². The van der Waals surface area contributed by atoms with Gasteiger partial charge in [0.05, 0.1) is 22.1 Å². The Bertz CT molecular complexity index is 1980. The van der Waals surface area contributed by atoms with Gasteiger partial charge in [-0.15, -0.1) is 5.10 Å². The van der Waals surface area contributed by atoms with Crippen LogP contribution in [-0.4, -0.2) is 25.1 Å². The SMILES string of the molecule is Cc1cccc(-c2ccn3nc(N)c(C(=O)N[C@@H](C)c4cc5cccc(Cl)c5c(=O)n4-c4ccccc4)c3n2)c1. The number of aromatic nitrogens is 4. The highest BCUT2D eigenvalue weighted by Gasteiger charge is 2.24. The van der Waals surface area contributed by atoms with Gasteiger partial charge in [0, 0.05) is 23.1 Å². The van der Waals surface area contributed by atoms with Gasteiger partial charge >= 0.3 is 0 Å². The maximum atomic E-state index is 13.7. The van der Waals surface area contributed by atoms with Crippen LogP contribution in [0.2, 0.25) is 5.02 Å². The van der Waals surface area contributed by atoms with Crippen molar-refractivity contribution in [3.05, 3.63) is 123 Å². The number of anilines is 1. The first-order chi connectivity index (χ1) is 19.3. The van der Waals surface area contributed by atoms with Gasteiger partial charge in [-0.25, -0.2) is 9.50 Å². The highest BCUT2D eigenvalue weighted by atomic mass is 35.5. The molecular weight excluding hydrogens is 524 g/mol. The van der Waals surface area contributed by atoms with Crippen LogP contribution in [-0.2, 0) is 0 Å². The summed E-state index contributed by atoms with van der Waals surface area (Å²) in [6.07, 6.45) is 1.73. The Morgan fingerprint density at radius 1 is 1.00 bits per heavy atom. The molecule has 0 spiro atoms. The van der Waals surface area contributed by atoms with Crippen LogP contribution in [0.25, 0.3) is 33.4 Å². The highest BCUT2D eigenvalue weighted by Crippen LogP contribution is 2.27. The Kier molecular flexibility index (Phi) is 6.32. The van der Waals surface area contributed by atoms with Crippen molar-refractivity contribution in [3.8, 4) is 16.9 Å². The molecule has 0 fully saturated rings. The summed E-state index contributed by atoms with van der Waals surface area (Å²) in [4.78, 5) is 32.1. The van der Waals surface area contributed by atoms with Gasteiger partial charge in [0.2, 0.25) is 0 Å². The van der Waals surface area contributed by atoms with Gasteiger partial charge in [0.15, 0.2) is 11.5 Å². The molecule has 9 heteroatoms. The first-order valence-electron chi connectivity index (χ1n) is 12.7. The molecule has 3 aromatic heterocycles. The standard InChI is InChI=1S/C31H25ClN6O2/c1-18-8-6-9-20(16-18)24-14-15-37-29(35-24)27(28(33)36-37)30(39)34-19(2)25-17-21-10-7-13-23(32)26(21)31(40)38(25)22-11-4-3-5-12-22/h3-17,19H,1-2H3,(H2,33,36)(H,34,39)/t19-/m0/s1. The molecule has 40 heavy (non-hydrogen) atoms. The number of nitrogens with zero attached hydrogens (tertiary/aromatic N) is 4. The van der Waals surface area contributed by atoms with Crippen LogP contribution < -0.4 is 16.6 Å². The molecule has 8 nitrogen and oxygen atoms in total. The minimum Gasteiger partial charge on any atom is -0.381 e. The second-order valence-electron chi connectivity index (χ2n) is 9.66. The van der Waals surface area contributed by atoms with Crippen molar-refractivity contribution >= 4 is 39.7 Å². The minimum atomic E-state index is -0.585. The van der Waals surface area contributed by atoms with Crippen LogP contribution in [0.4, 0.5) is 5.82 Å². The Labute approximate surface area is 234 Å². The van der Waals surface area contributed by atoms with Gasteiger partial charge in [-0.05, 0) is 55.6 Å². The summed E-state index contributed by atoms with van der Waals surface area (Å²) in [6, 6.07) is 25.6. The summed E-state index contributed by atoms with van der Waals surface area (Å²) < 4.78 is 3.07. The quantitative estimate of drug-likeness (QED) is 0.286. The average molecular weight is 549 g/mol. The van der Waals surface area contributed by atoms with Gasteiger partial charge in [0.1, 0.15) is 5.56 Å². The van der Waals surface area contributed by atoms with Crippen LogP contribution in [0.1, 0.15) is 34.6 Å². The van der Waals surface area contributed by atoms with Crippen LogP contribution in [0.5, 0.6) is 0 Å². The fraction of sp³-hybridized carbons (Fsp3) is 0.0968. The van der Waals surface area contributed by atoms with Crippen molar-refractivity contribution in [1.29, 1.82) is 0 Å². The van der Waals surface area contributed by atoms with Gasteiger partial charge in [0.25, 0.3) is 11.5 Å². The third kappa shape index (κ3) is 4.38. The van der Waals surface area contributed by atoms with Crippen molar-refractivity contribution in [2.45, 2.75) is 19.9 Å². The van der Waals surface area contributed by atoms with E-state index in [4.69, 9.17) is 22.3 Å². The first-order valence-corrected chi connectivity index (χ1v) is 13.1. The predicted molar refractivity (Wildman–Crippen MR) is 158 cm³/mol. The third-order valence-electron chi connectivity index (χ3n) is 6.88. The fourth-order valence-electron chi connectivity index (χ4n) is 4.97. The molecule has 0 aliphatic carbocycles. The van der Waals surface area contributed by atoms with Gasteiger partial charge in [-0.2, -0.15) is 0 Å². The number of para-hydroxylation sites is 1. The number of rotatable bonds is 5. The number of aryl methyl sites for hydroxylation is 1. The highest BCUT2D eigenvalue weighted by molar-refractivity contribution is 6.35. The summed E-state index contributed by atoms with van der Waals surface area (Å²) >= 11 is 6.43. The zero-order valence-electron chi connectivity index (χ0n) is 21.8. The number of hydrogen-bond acceptors (Lipinski definition) is 5. The number of hydrogen-bond donors (Lipinski definition) is 2. The number of carbonyl (C=O) groups excluding carboxylic acids is 1. The number of fused-ring (bicyclic) bond motifs is 2. The molecule has 198 valence electrons. The summed E-state index contributed by atoms with van der Waals surface area (Å²) in [5, 5.41) is 8.77. The molecule has 6 aromatic rings. The van der Waals surface area contributed by atoms with E-state index in [1.54, 1.807) is 22.9 Å². The molecule has 3 aromatic carbocycles. The number of amides is 1. The third-order valence-corrected chi connectivity index (χ3v) is 7.20. The van der Waals surface area contributed by atoms with E-state index in [1.165, 1.54) is 4.52 Å². The normalized spacial score (nSPS) is 12.1. The van der Waals surface area contributed by atoms with E-state index in [9.17, 15) is 9.59 Å². The second-order valence-corrected chi connectivity index (χ2v) is 10.1. The fourth-order valence-corrected chi connectivity index (χ4v) is 5.24. The molecule has 3 N–H and O–H groups in total. The number of carbonyl (C=O) groups is 1. The Morgan fingerprint density at radius 3 is 2.55 bits per heavy atom. The lowest BCUT2D eigenvalue weighted by atomic mass is 10.1. The number of benzene rings is 3. The maximum absolute atomic E-state index is 13.7. The molecule has 0 saturated heterocycles. The van der Waals surface area contributed by atoms with E-state index in [1.807, 2.05) is 86.6 Å². The Hall–Kier alpha value is -4.95. The summed E-state index contributed by atoms with van der Waals surface area (Å²) in [5.74, 6) is -0.392. The number of nitrogens with two attached hydrogens (primary N) is 1. The van der Waals surface area contributed by atoms with Gasteiger partial charge in [-0.1, -0.05) is 65.7 Å². The molecule has 0 bridgehead atoms. The number of nitrogen functional groups attached to an aromatic ring is 1. The van der Waals surface area contributed by atoms with Gasteiger partial charge in [-0.3, -0.25) is 14.2 Å². The van der Waals surface area contributed by atoms with E-state index in [2.05, 4.69) is 10.4 Å². The summed E-state index contributed by atoms with van der Waals surface area (Å²) in [7, 11) is 0. The number of pyridine rings is 1. The van der Waals surface area contributed by atoms with Crippen LogP contribution in [0.3, 0.4) is 0 Å². The van der Waals surface area contributed by atoms with Crippen molar-refractivity contribution < 1.29 is 4.79 Å². The van der Waals surface area contributed by atoms with Crippen LogP contribution in [0, 0.1) is 6.92 Å². The van der Waals surface area contributed by atoms with Crippen molar-refractivity contribution in [3.63, 3.8) is 0 Å². The van der Waals surface area contributed by atoms with Gasteiger partial charge < -0.3 is 11.1 Å². The molecular formula is C31H25ClN6O2. The molecule has 6 rings (SSSR count). The van der Waals surface area contributed by atoms with E-state index in [-0.39, 0.29) is 16.9 Å². The molecule has 0 unspecified atom stereocenters. The lowest BCUT2D eigenvalue weighted by molar-refractivity contribution is 0.0941. The Morgan fingerprint density at radius 2 is 1.77 bits per heavy atom. The molecule has 0 radical (unpaired) electrons. The molecule has 0 aliphatic heterocycles. The van der Waals surface area contributed by atoms with Crippen molar-refractivity contribution in [2.24, 2.45) is 0 Å². The minimum absolute atomic E-state index is 0.0596. The zero-order chi connectivity index (χ0) is 28.0. The Balaban J connectivity index is 1.43. The molecule has 3 heterocycles. The van der Waals surface area contributed by atoms with E-state index in [0.717, 1.165) is 11.1 Å². The summed E-state index contributed by atoms with van der Waals surface area (Å²) in [6.45, 7) is 3.82. The molecule has 0 aliphatic rings. The average Bonchev–Trinajstić information content (AvgIpc) is 3.28. The van der Waals surface area contributed by atoms with Crippen molar-refractivity contribution in [1.82, 2.24) is 24.5 Å². The number of halogens is 1. The summed E-state index contributed by atoms with van der Waals surface area (Å²) in [5.41, 5.74) is 10.4. The lowest BCUT2D eigenvalue weighted by Crippen LogP contribution is -2.32. The topological polar surface area (TPSA) is 107 Å². The van der Waals surface area contributed by atoms with Crippen LogP contribution >= 0.6 is 11.6 Å². The smallest absolute Gasteiger partial charge is 0.264 e. The number of nitrogens with one attached hydrogen (secondary N) is 1. The lowest BCUT2D eigenvalue weighted by Gasteiger charge is -2.21. The molecule has 1 atom stereocenters.